The summed E-state index contributed by atoms with van der Waals surface area (Å²) in [6.45, 7) is 1.86. The van der Waals surface area contributed by atoms with Crippen molar-refractivity contribution in [3.8, 4) is 5.75 Å². The van der Waals surface area contributed by atoms with E-state index in [1.807, 2.05) is 6.92 Å². The highest BCUT2D eigenvalue weighted by Crippen LogP contribution is 2.24. The number of rotatable bonds is 5. The largest absolute Gasteiger partial charge is 0.573 e. The summed E-state index contributed by atoms with van der Waals surface area (Å²) in [5, 5.41) is 2.68. The van der Waals surface area contributed by atoms with Crippen LogP contribution in [0.15, 0.2) is 52.5 Å². The zero-order valence-corrected chi connectivity index (χ0v) is 15.2. The molecule has 0 radical (unpaired) electrons. The molecule has 0 saturated carbocycles. The summed E-state index contributed by atoms with van der Waals surface area (Å²) in [6.07, 6.45) is -3.21. The maximum atomic E-state index is 12.1. The fourth-order valence-electron chi connectivity index (χ4n) is 2.23. The Bertz CT molecular complexity index is 1070. The van der Waals surface area contributed by atoms with Crippen molar-refractivity contribution in [3.05, 3.63) is 58.6 Å². The first-order chi connectivity index (χ1) is 13.2. The van der Waals surface area contributed by atoms with E-state index in [2.05, 4.69) is 20.0 Å². The third kappa shape index (κ3) is 5.22. The number of fused-ring (bicyclic) bond motifs is 1. The summed E-state index contributed by atoms with van der Waals surface area (Å²) in [6, 6.07) is 8.22. The Hall–Kier alpha value is -3.08. The van der Waals surface area contributed by atoms with E-state index in [1.54, 1.807) is 18.3 Å². The molecule has 0 spiro atoms. The molecule has 3 aromatic rings. The number of benzene rings is 1. The van der Waals surface area contributed by atoms with Gasteiger partial charge in [0.15, 0.2) is 5.16 Å². The van der Waals surface area contributed by atoms with Crippen LogP contribution in [0.2, 0.25) is 0 Å². The van der Waals surface area contributed by atoms with E-state index in [-0.39, 0.29) is 16.7 Å². The molecule has 0 unspecified atom stereocenters. The van der Waals surface area contributed by atoms with Crippen LogP contribution in [-0.4, -0.2) is 32.4 Å². The van der Waals surface area contributed by atoms with E-state index in [0.29, 0.717) is 11.3 Å². The Morgan fingerprint density at radius 1 is 1.21 bits per heavy atom. The first-order valence-electron chi connectivity index (χ1n) is 7.85. The average molecular weight is 410 g/mol. The number of pyridine rings is 1. The molecule has 2 aromatic heterocycles. The standard InChI is InChI=1S/C17H13F3N4O3S/c1-10-6-7-24-13(8-10)22-15(23-16(24)26)28-9-14(25)21-11-2-4-12(5-3-11)27-17(18,19)20/h2-8H,9H2,1H3,(H,21,25). The van der Waals surface area contributed by atoms with Gasteiger partial charge in [-0.15, -0.1) is 13.2 Å². The second-order valence-corrected chi connectivity index (χ2v) is 6.57. The van der Waals surface area contributed by atoms with Gasteiger partial charge in [0.25, 0.3) is 0 Å². The van der Waals surface area contributed by atoms with E-state index in [0.717, 1.165) is 29.5 Å². The van der Waals surface area contributed by atoms with E-state index in [1.165, 1.54) is 16.5 Å². The van der Waals surface area contributed by atoms with Gasteiger partial charge in [0.05, 0.1) is 5.75 Å². The molecule has 0 fully saturated rings. The minimum atomic E-state index is -4.78. The number of aryl methyl sites for hydroxylation is 1. The Balaban J connectivity index is 1.61. The zero-order valence-electron chi connectivity index (χ0n) is 14.4. The van der Waals surface area contributed by atoms with Crippen molar-refractivity contribution in [2.45, 2.75) is 18.4 Å². The van der Waals surface area contributed by atoms with Gasteiger partial charge < -0.3 is 10.1 Å². The van der Waals surface area contributed by atoms with Crippen LogP contribution in [-0.2, 0) is 4.79 Å². The molecule has 0 atom stereocenters. The zero-order chi connectivity index (χ0) is 20.3. The Morgan fingerprint density at radius 3 is 2.61 bits per heavy atom. The number of ether oxygens (including phenoxy) is 1. The second kappa shape index (κ2) is 7.89. The van der Waals surface area contributed by atoms with Crippen LogP contribution < -0.4 is 15.7 Å². The molecule has 2 heterocycles. The number of hydrogen-bond donors (Lipinski definition) is 1. The fourth-order valence-corrected chi connectivity index (χ4v) is 2.86. The maximum Gasteiger partial charge on any atom is 0.573 e. The molecule has 28 heavy (non-hydrogen) atoms. The van der Waals surface area contributed by atoms with Crippen molar-refractivity contribution in [3.63, 3.8) is 0 Å². The van der Waals surface area contributed by atoms with Crippen LogP contribution in [0.25, 0.3) is 5.65 Å². The molecular weight excluding hydrogens is 397 g/mol. The molecule has 1 aromatic carbocycles. The third-order valence-corrected chi connectivity index (χ3v) is 4.25. The van der Waals surface area contributed by atoms with Gasteiger partial charge in [0.1, 0.15) is 11.4 Å². The first kappa shape index (κ1) is 19.7. The quantitative estimate of drug-likeness (QED) is 0.651. The molecule has 1 amide bonds. The lowest BCUT2D eigenvalue weighted by atomic mass is 10.3. The third-order valence-electron chi connectivity index (χ3n) is 3.40. The Labute approximate surface area is 160 Å². The number of carbonyl (C=O) groups excluding carboxylic acids is 1. The van der Waals surface area contributed by atoms with Crippen LogP contribution >= 0.6 is 11.8 Å². The molecule has 0 aliphatic carbocycles. The number of alkyl halides is 3. The number of nitrogens with one attached hydrogen (secondary N) is 1. The van der Waals surface area contributed by atoms with Crippen molar-refractivity contribution in [1.82, 2.24) is 14.4 Å². The number of halogens is 3. The number of hydrogen-bond acceptors (Lipinski definition) is 6. The highest BCUT2D eigenvalue weighted by atomic mass is 32.2. The van der Waals surface area contributed by atoms with Crippen molar-refractivity contribution in [1.29, 1.82) is 0 Å². The number of amides is 1. The SMILES string of the molecule is Cc1ccn2c(=O)nc(SCC(=O)Nc3ccc(OC(F)(F)F)cc3)nc2c1. The molecule has 1 N–H and O–H groups in total. The molecule has 11 heteroatoms. The molecule has 0 saturated heterocycles. The molecule has 0 aliphatic rings. The van der Waals surface area contributed by atoms with E-state index in [4.69, 9.17) is 0 Å². The summed E-state index contributed by atoms with van der Waals surface area (Å²) in [5.41, 5.74) is 1.14. The number of nitrogens with zero attached hydrogens (tertiary/aromatic N) is 3. The average Bonchev–Trinajstić information content (AvgIpc) is 2.60. The lowest BCUT2D eigenvalue weighted by Gasteiger charge is -2.10. The van der Waals surface area contributed by atoms with Crippen molar-refractivity contribution in [2.24, 2.45) is 0 Å². The fraction of sp³-hybridized carbons (Fsp3) is 0.176. The molecule has 146 valence electrons. The van der Waals surface area contributed by atoms with E-state index >= 15 is 0 Å². The molecule has 0 bridgehead atoms. The van der Waals surface area contributed by atoms with Gasteiger partial charge in [0.2, 0.25) is 5.91 Å². The maximum absolute atomic E-state index is 12.1. The number of thioether (sulfide) groups is 1. The van der Waals surface area contributed by atoms with Gasteiger partial charge in [-0.2, -0.15) is 4.98 Å². The monoisotopic (exact) mass is 410 g/mol. The first-order valence-corrected chi connectivity index (χ1v) is 8.84. The van der Waals surface area contributed by atoms with Crippen LogP contribution in [0.1, 0.15) is 5.56 Å². The van der Waals surface area contributed by atoms with Gasteiger partial charge in [-0.1, -0.05) is 11.8 Å². The van der Waals surface area contributed by atoms with Gasteiger partial charge in [-0.25, -0.2) is 9.78 Å². The summed E-state index contributed by atoms with van der Waals surface area (Å²) in [5.74, 6) is -0.898. The van der Waals surface area contributed by atoms with Gasteiger partial charge in [-0.05, 0) is 48.9 Å². The smallest absolute Gasteiger partial charge is 0.406 e. The van der Waals surface area contributed by atoms with Crippen LogP contribution in [0.3, 0.4) is 0 Å². The Kier molecular flexibility index (Phi) is 5.54. The molecule has 7 nitrogen and oxygen atoms in total. The van der Waals surface area contributed by atoms with Crippen molar-refractivity contribution < 1.29 is 22.7 Å². The van der Waals surface area contributed by atoms with Crippen molar-refractivity contribution in [2.75, 3.05) is 11.1 Å². The second-order valence-electron chi connectivity index (χ2n) is 5.63. The summed E-state index contributed by atoms with van der Waals surface area (Å²) in [7, 11) is 0. The molecular formula is C17H13F3N4O3S. The van der Waals surface area contributed by atoms with Crippen LogP contribution in [0.5, 0.6) is 5.75 Å². The highest BCUT2D eigenvalue weighted by Gasteiger charge is 2.30. The minimum absolute atomic E-state index is 0.0811. The molecule has 3 rings (SSSR count). The lowest BCUT2D eigenvalue weighted by molar-refractivity contribution is -0.274. The van der Waals surface area contributed by atoms with Gasteiger partial charge >= 0.3 is 12.1 Å². The van der Waals surface area contributed by atoms with Crippen LogP contribution in [0.4, 0.5) is 18.9 Å². The highest BCUT2D eigenvalue weighted by molar-refractivity contribution is 7.99. The topological polar surface area (TPSA) is 85.6 Å². The summed E-state index contributed by atoms with van der Waals surface area (Å²) < 4.78 is 41.4. The predicted octanol–water partition coefficient (Wildman–Crippen LogP) is 3.03. The van der Waals surface area contributed by atoms with Crippen molar-refractivity contribution >= 4 is 29.0 Å². The number of anilines is 1. The summed E-state index contributed by atoms with van der Waals surface area (Å²) in [4.78, 5) is 32.0. The number of aromatic nitrogens is 3. The van der Waals surface area contributed by atoms with Gasteiger partial charge in [0, 0.05) is 11.9 Å². The molecule has 0 aliphatic heterocycles. The van der Waals surface area contributed by atoms with Crippen LogP contribution in [0, 0.1) is 6.92 Å². The van der Waals surface area contributed by atoms with E-state index < -0.39 is 18.0 Å². The van der Waals surface area contributed by atoms with E-state index in [9.17, 15) is 22.8 Å². The predicted molar refractivity (Wildman–Crippen MR) is 96.5 cm³/mol. The summed E-state index contributed by atoms with van der Waals surface area (Å²) >= 11 is 0.973. The minimum Gasteiger partial charge on any atom is -0.406 e. The lowest BCUT2D eigenvalue weighted by Crippen LogP contribution is -2.20. The Morgan fingerprint density at radius 2 is 1.93 bits per heavy atom. The van der Waals surface area contributed by atoms with Gasteiger partial charge in [-0.3, -0.25) is 9.20 Å². The normalized spacial score (nSPS) is 11.4. The number of carbonyl (C=O) groups is 1.